The van der Waals surface area contributed by atoms with Crippen LogP contribution in [0.1, 0.15) is 26.1 Å². The molecule has 0 aliphatic carbocycles. The molecule has 0 aliphatic heterocycles. The fourth-order valence-electron chi connectivity index (χ4n) is 1.83. The lowest BCUT2D eigenvalue weighted by Gasteiger charge is -2.17. The van der Waals surface area contributed by atoms with Gasteiger partial charge in [-0.3, -0.25) is 4.79 Å². The number of Topliss-reactive ketones (excluding diaryl/α,β-unsaturated/α-hetero) is 1. The van der Waals surface area contributed by atoms with Crippen LogP contribution < -0.4 is 5.73 Å². The number of imidazole rings is 1. The summed E-state index contributed by atoms with van der Waals surface area (Å²) in [6.45, 7) is 4.52. The highest BCUT2D eigenvalue weighted by Crippen LogP contribution is 2.13. The van der Waals surface area contributed by atoms with Crippen molar-refractivity contribution in [1.82, 2.24) is 9.55 Å². The number of nitrogens with two attached hydrogens (primary N) is 1. The molecule has 0 radical (unpaired) electrons. The van der Waals surface area contributed by atoms with Crippen molar-refractivity contribution in [1.29, 1.82) is 0 Å². The minimum Gasteiger partial charge on any atom is -0.338 e. The summed E-state index contributed by atoms with van der Waals surface area (Å²) in [4.78, 5) is 16.1. The number of aryl methyl sites for hydroxylation is 2. The number of hydrogen-bond donors (Lipinski definition) is 1. The van der Waals surface area contributed by atoms with Gasteiger partial charge in [0.1, 0.15) is 11.6 Å². The molecule has 16 heavy (non-hydrogen) atoms. The van der Waals surface area contributed by atoms with Crippen LogP contribution in [0.15, 0.2) is 12.4 Å². The first kappa shape index (κ1) is 12.9. The SMILES string of the molecule is CC(C)C(CN)C(=O)CCc1nccn1C. The lowest BCUT2D eigenvalue weighted by atomic mass is 9.89. The van der Waals surface area contributed by atoms with Crippen molar-refractivity contribution >= 4 is 5.78 Å². The van der Waals surface area contributed by atoms with Gasteiger partial charge in [0, 0.05) is 44.7 Å². The Labute approximate surface area is 96.9 Å². The molecule has 1 unspecified atom stereocenters. The molecular weight excluding hydrogens is 202 g/mol. The van der Waals surface area contributed by atoms with Crippen molar-refractivity contribution in [3.63, 3.8) is 0 Å². The molecule has 0 fully saturated rings. The molecule has 90 valence electrons. The summed E-state index contributed by atoms with van der Waals surface area (Å²) < 4.78 is 1.94. The first-order chi connectivity index (χ1) is 7.56. The first-order valence-electron chi connectivity index (χ1n) is 5.75. The highest BCUT2D eigenvalue weighted by atomic mass is 16.1. The minimum atomic E-state index is -0.0136. The van der Waals surface area contributed by atoms with E-state index in [1.165, 1.54) is 0 Å². The van der Waals surface area contributed by atoms with Crippen molar-refractivity contribution in [3.05, 3.63) is 18.2 Å². The van der Waals surface area contributed by atoms with Crippen LogP contribution in [0.3, 0.4) is 0 Å². The van der Waals surface area contributed by atoms with Crippen molar-refractivity contribution < 1.29 is 4.79 Å². The van der Waals surface area contributed by atoms with Gasteiger partial charge in [0.2, 0.25) is 0 Å². The Kier molecular flexibility index (Phi) is 4.68. The molecule has 0 saturated carbocycles. The molecule has 1 rings (SSSR count). The zero-order chi connectivity index (χ0) is 12.1. The third-order valence-electron chi connectivity index (χ3n) is 2.99. The van der Waals surface area contributed by atoms with Gasteiger partial charge in [-0.05, 0) is 5.92 Å². The smallest absolute Gasteiger partial charge is 0.137 e. The van der Waals surface area contributed by atoms with Gasteiger partial charge in [-0.1, -0.05) is 13.8 Å². The van der Waals surface area contributed by atoms with E-state index >= 15 is 0 Å². The molecule has 4 heteroatoms. The normalized spacial score (nSPS) is 13.1. The van der Waals surface area contributed by atoms with Gasteiger partial charge in [-0.15, -0.1) is 0 Å². The molecule has 4 nitrogen and oxygen atoms in total. The molecule has 1 aromatic heterocycles. The Morgan fingerprint density at radius 1 is 1.56 bits per heavy atom. The number of aromatic nitrogens is 2. The van der Waals surface area contributed by atoms with E-state index in [2.05, 4.69) is 4.98 Å². The van der Waals surface area contributed by atoms with Crippen LogP contribution in [0.2, 0.25) is 0 Å². The monoisotopic (exact) mass is 223 g/mol. The van der Waals surface area contributed by atoms with Gasteiger partial charge in [-0.2, -0.15) is 0 Å². The number of hydrogen-bond acceptors (Lipinski definition) is 3. The van der Waals surface area contributed by atoms with E-state index in [1.807, 2.05) is 31.7 Å². The van der Waals surface area contributed by atoms with Crippen LogP contribution in [-0.2, 0) is 18.3 Å². The second-order valence-electron chi connectivity index (χ2n) is 4.51. The van der Waals surface area contributed by atoms with E-state index in [4.69, 9.17) is 5.73 Å². The molecule has 0 spiro atoms. The third-order valence-corrected chi connectivity index (χ3v) is 2.99. The topological polar surface area (TPSA) is 60.9 Å². The first-order valence-corrected chi connectivity index (χ1v) is 5.75. The Morgan fingerprint density at radius 3 is 2.69 bits per heavy atom. The maximum Gasteiger partial charge on any atom is 0.137 e. The van der Waals surface area contributed by atoms with Gasteiger partial charge in [0.15, 0.2) is 0 Å². The highest BCUT2D eigenvalue weighted by Gasteiger charge is 2.20. The van der Waals surface area contributed by atoms with Crippen molar-refractivity contribution in [3.8, 4) is 0 Å². The average molecular weight is 223 g/mol. The molecule has 0 saturated heterocycles. The van der Waals surface area contributed by atoms with E-state index in [1.54, 1.807) is 6.20 Å². The van der Waals surface area contributed by atoms with E-state index in [0.29, 0.717) is 25.3 Å². The van der Waals surface area contributed by atoms with Crippen molar-refractivity contribution in [2.45, 2.75) is 26.7 Å². The lowest BCUT2D eigenvalue weighted by molar-refractivity contribution is -0.123. The van der Waals surface area contributed by atoms with Crippen LogP contribution in [0.25, 0.3) is 0 Å². The van der Waals surface area contributed by atoms with Gasteiger partial charge >= 0.3 is 0 Å². The maximum atomic E-state index is 11.9. The third kappa shape index (κ3) is 3.17. The average Bonchev–Trinajstić information content (AvgIpc) is 2.61. The molecule has 0 aliphatic rings. The summed E-state index contributed by atoms with van der Waals surface area (Å²) >= 11 is 0. The van der Waals surface area contributed by atoms with Crippen LogP contribution >= 0.6 is 0 Å². The Bertz CT molecular complexity index is 344. The quantitative estimate of drug-likeness (QED) is 0.787. The van der Waals surface area contributed by atoms with Gasteiger partial charge in [-0.25, -0.2) is 4.98 Å². The van der Waals surface area contributed by atoms with E-state index in [9.17, 15) is 4.79 Å². The number of rotatable bonds is 6. The lowest BCUT2D eigenvalue weighted by Crippen LogP contribution is -2.28. The molecule has 1 aromatic rings. The molecule has 0 bridgehead atoms. The zero-order valence-corrected chi connectivity index (χ0v) is 10.3. The second-order valence-corrected chi connectivity index (χ2v) is 4.51. The predicted molar refractivity (Wildman–Crippen MR) is 63.9 cm³/mol. The molecule has 0 aromatic carbocycles. The molecule has 0 amide bonds. The van der Waals surface area contributed by atoms with Gasteiger partial charge in [0.25, 0.3) is 0 Å². The Balaban J connectivity index is 2.49. The number of ketones is 1. The molecular formula is C12H21N3O. The maximum absolute atomic E-state index is 11.9. The molecule has 1 atom stereocenters. The number of carbonyl (C=O) groups excluding carboxylic acids is 1. The van der Waals surface area contributed by atoms with E-state index < -0.39 is 0 Å². The minimum absolute atomic E-state index is 0.0136. The highest BCUT2D eigenvalue weighted by molar-refractivity contribution is 5.81. The fraction of sp³-hybridized carbons (Fsp3) is 0.667. The summed E-state index contributed by atoms with van der Waals surface area (Å²) in [5, 5.41) is 0. The van der Waals surface area contributed by atoms with E-state index in [-0.39, 0.29) is 11.7 Å². The fourth-order valence-corrected chi connectivity index (χ4v) is 1.83. The predicted octanol–water partition coefficient (Wildman–Crippen LogP) is 1.15. The van der Waals surface area contributed by atoms with Crippen LogP contribution in [0.5, 0.6) is 0 Å². The standard InChI is InChI=1S/C12H21N3O/c1-9(2)10(8-13)11(16)4-5-12-14-6-7-15(12)3/h6-7,9-10H,4-5,8,13H2,1-3H3. The summed E-state index contributed by atoms with van der Waals surface area (Å²) in [5.74, 6) is 1.51. The van der Waals surface area contributed by atoms with Crippen molar-refractivity contribution in [2.24, 2.45) is 24.6 Å². The van der Waals surface area contributed by atoms with Crippen LogP contribution in [0, 0.1) is 11.8 Å². The second kappa shape index (κ2) is 5.80. The largest absolute Gasteiger partial charge is 0.338 e. The van der Waals surface area contributed by atoms with Crippen LogP contribution in [-0.4, -0.2) is 21.9 Å². The summed E-state index contributed by atoms with van der Waals surface area (Å²) in [6, 6.07) is 0. The number of nitrogens with zero attached hydrogens (tertiary/aromatic N) is 2. The summed E-state index contributed by atoms with van der Waals surface area (Å²) in [6.07, 6.45) is 4.88. The summed E-state index contributed by atoms with van der Waals surface area (Å²) in [5.41, 5.74) is 5.61. The molecule has 1 heterocycles. The Hall–Kier alpha value is -1.16. The Morgan fingerprint density at radius 2 is 2.25 bits per heavy atom. The summed E-state index contributed by atoms with van der Waals surface area (Å²) in [7, 11) is 1.94. The van der Waals surface area contributed by atoms with Crippen molar-refractivity contribution in [2.75, 3.05) is 6.54 Å². The number of carbonyl (C=O) groups is 1. The van der Waals surface area contributed by atoms with Gasteiger partial charge in [0.05, 0.1) is 0 Å². The van der Waals surface area contributed by atoms with Gasteiger partial charge < -0.3 is 10.3 Å². The molecule has 2 N–H and O–H groups in total. The van der Waals surface area contributed by atoms with E-state index in [0.717, 1.165) is 5.82 Å². The van der Waals surface area contributed by atoms with Crippen LogP contribution in [0.4, 0.5) is 0 Å². The zero-order valence-electron chi connectivity index (χ0n) is 10.3.